The van der Waals surface area contributed by atoms with Crippen molar-refractivity contribution in [3.8, 4) is 0 Å². The molecule has 0 fully saturated rings. The summed E-state index contributed by atoms with van der Waals surface area (Å²) in [4.78, 5) is 0. The first-order chi connectivity index (χ1) is 18.5. The van der Waals surface area contributed by atoms with Gasteiger partial charge in [-0.3, -0.25) is 0 Å². The minimum absolute atomic E-state index is 0. The standard InChI is InChI=1S/C10H8N2.2C9H21P.2C4H8.2Ir/c11-8-5-1-3-7-4-2-6-9(12)10(7)8;2*1-7(2)10(8(3)4)9(5)6;2*1-3-4-2;;/h1-6,11-12H;2*7-9H,1-6H3;2*3-4H,1-2H3;;/q-2;;;;;;/p+2. The van der Waals surface area contributed by atoms with Gasteiger partial charge in [0, 0.05) is 56.1 Å². The first-order valence-electron chi connectivity index (χ1n) is 15.4. The van der Waals surface area contributed by atoms with Crippen molar-refractivity contribution in [3.63, 3.8) is 0 Å². The summed E-state index contributed by atoms with van der Waals surface area (Å²) in [7, 11) is -0.191. The molecular weight excluding hydrogens is 907 g/mol. The van der Waals surface area contributed by atoms with Crippen LogP contribution in [0, 0.1) is 0 Å². The maximum Gasteiger partial charge on any atom is 0.0624 e. The second kappa shape index (κ2) is 30.9. The molecule has 0 amide bonds. The molecule has 250 valence electrons. The Morgan fingerprint density at radius 3 is 0.786 bits per heavy atom. The van der Waals surface area contributed by atoms with Gasteiger partial charge in [0.15, 0.2) is 0 Å². The van der Waals surface area contributed by atoms with Gasteiger partial charge >= 0.3 is 0 Å². The van der Waals surface area contributed by atoms with E-state index in [1.165, 1.54) is 0 Å². The molecule has 2 aromatic carbocycles. The largest absolute Gasteiger partial charge is 0.698 e. The molecule has 2 aromatic rings. The monoisotopic (exact) mass is 976 g/mol. The second-order valence-corrected chi connectivity index (χ2v) is 20.9. The van der Waals surface area contributed by atoms with Crippen LogP contribution in [0.3, 0.4) is 0 Å². The molecule has 0 atom stereocenters. The van der Waals surface area contributed by atoms with Crippen molar-refractivity contribution in [2.24, 2.45) is 0 Å². The number of hydrogen-bond donors (Lipinski definition) is 0. The predicted molar refractivity (Wildman–Crippen MR) is 200 cm³/mol. The first-order valence-corrected chi connectivity index (χ1v) is 18.8. The van der Waals surface area contributed by atoms with Gasteiger partial charge in [-0.15, -0.1) is 11.4 Å². The fraction of sp³-hybridized carbons (Fsp3) is 0.611. The Morgan fingerprint density at radius 2 is 0.667 bits per heavy atom. The summed E-state index contributed by atoms with van der Waals surface area (Å²) >= 11 is 0. The Labute approximate surface area is 293 Å². The van der Waals surface area contributed by atoms with E-state index in [0.717, 1.165) is 44.7 Å². The van der Waals surface area contributed by atoms with Crippen molar-refractivity contribution in [1.29, 1.82) is 0 Å². The Morgan fingerprint density at radius 1 is 0.452 bits per heavy atom. The van der Waals surface area contributed by atoms with Crippen LogP contribution in [0.4, 0.5) is 11.4 Å². The zero-order valence-corrected chi connectivity index (χ0v) is 36.7. The van der Waals surface area contributed by atoms with Crippen LogP contribution in [-0.2, 0) is 40.2 Å². The van der Waals surface area contributed by atoms with E-state index in [9.17, 15) is 0 Å². The van der Waals surface area contributed by atoms with E-state index in [1.807, 2.05) is 76.3 Å². The number of rotatable bonds is 6. The van der Waals surface area contributed by atoms with Crippen LogP contribution in [0.2, 0.25) is 0 Å². The van der Waals surface area contributed by atoms with E-state index in [1.54, 1.807) is 12.1 Å². The molecule has 42 heavy (non-hydrogen) atoms. The molecule has 0 saturated carbocycles. The van der Waals surface area contributed by atoms with Crippen LogP contribution in [-0.4, -0.2) is 34.0 Å². The fourth-order valence-electron chi connectivity index (χ4n) is 5.34. The van der Waals surface area contributed by atoms with Gasteiger partial charge in [-0.2, -0.15) is 0 Å². The van der Waals surface area contributed by atoms with Crippen LogP contribution >= 0.6 is 15.8 Å². The van der Waals surface area contributed by atoms with Gasteiger partial charge in [0.1, 0.15) is 0 Å². The number of fused-ring (bicyclic) bond motifs is 1. The van der Waals surface area contributed by atoms with Crippen molar-refractivity contribution in [2.45, 2.75) is 145 Å². The average Bonchev–Trinajstić information content (AvgIpc) is 2.83. The number of hydrogen-bond acceptors (Lipinski definition) is 0. The SMILES string of the molecule is CC(C)[PH+](C(C)C)C(C)C.CC(C)[PH+](C(C)C)C(C)C.CC=CC.CC=CC.[Ir].[Ir].[NH-]c1cccc2cccc([NH-])c12. The smallest absolute Gasteiger partial charge is 0.0624 e. The Hall–Kier alpha value is -0.0613. The molecular formula is C36H68Ir2N2P2. The number of allylic oxidation sites excluding steroid dienone is 4. The van der Waals surface area contributed by atoms with Gasteiger partial charge < -0.3 is 11.5 Å². The zero-order chi connectivity index (χ0) is 32.0. The summed E-state index contributed by atoms with van der Waals surface area (Å²) in [6.07, 6.45) is 8.00. The van der Waals surface area contributed by atoms with E-state index in [0.29, 0.717) is 11.4 Å². The van der Waals surface area contributed by atoms with E-state index in [-0.39, 0.29) is 56.1 Å². The summed E-state index contributed by atoms with van der Waals surface area (Å²) in [5.74, 6) is 0. The van der Waals surface area contributed by atoms with Crippen LogP contribution in [0.25, 0.3) is 22.2 Å². The first kappa shape index (κ1) is 51.5. The van der Waals surface area contributed by atoms with E-state index in [2.05, 4.69) is 83.1 Å². The van der Waals surface area contributed by atoms with Crippen molar-refractivity contribution in [3.05, 3.63) is 72.2 Å². The van der Waals surface area contributed by atoms with Gasteiger partial charge in [0.25, 0.3) is 0 Å². The molecule has 2 radical (unpaired) electrons. The van der Waals surface area contributed by atoms with Crippen LogP contribution in [0.15, 0.2) is 60.7 Å². The molecule has 0 aromatic heterocycles. The van der Waals surface area contributed by atoms with Crippen molar-refractivity contribution >= 4 is 38.0 Å². The van der Waals surface area contributed by atoms with Crippen LogP contribution in [0.1, 0.15) is 111 Å². The fourth-order valence-corrected chi connectivity index (χ4v) is 13.3. The van der Waals surface area contributed by atoms with Gasteiger partial charge in [0.2, 0.25) is 0 Å². The predicted octanol–water partition coefficient (Wildman–Crippen LogP) is 14.2. The molecule has 0 aliphatic carbocycles. The zero-order valence-electron chi connectivity index (χ0n) is 29.9. The number of nitrogens with one attached hydrogen (secondary N) is 2. The summed E-state index contributed by atoms with van der Waals surface area (Å²) in [5, 5.41) is 1.70. The molecule has 0 bridgehead atoms. The number of benzene rings is 2. The Balaban J connectivity index is -0.000000142. The average molecular weight is 975 g/mol. The summed E-state index contributed by atoms with van der Waals surface area (Å²) in [6, 6.07) is 10.9. The van der Waals surface area contributed by atoms with Crippen molar-refractivity contribution < 1.29 is 40.2 Å². The second-order valence-electron chi connectivity index (χ2n) is 12.0. The molecule has 0 aliphatic heterocycles. The topological polar surface area (TPSA) is 47.6 Å². The molecule has 6 heteroatoms. The maximum absolute atomic E-state index is 7.58. The molecule has 0 heterocycles. The molecule has 2 nitrogen and oxygen atoms in total. The molecule has 0 spiro atoms. The normalized spacial score (nSPS) is 10.8. The molecule has 0 aliphatic rings. The molecule has 2 N–H and O–H groups in total. The molecule has 0 unspecified atom stereocenters. The van der Waals surface area contributed by atoms with E-state index in [4.69, 9.17) is 11.5 Å². The Bertz CT molecular complexity index is 807. The van der Waals surface area contributed by atoms with E-state index >= 15 is 0 Å². The molecule has 0 saturated heterocycles. The summed E-state index contributed by atoms with van der Waals surface area (Å²) in [5.41, 5.74) is 21.6. The van der Waals surface area contributed by atoms with Crippen molar-refractivity contribution in [2.75, 3.05) is 0 Å². The minimum Gasteiger partial charge on any atom is -0.698 e. The van der Waals surface area contributed by atoms with Crippen LogP contribution in [0.5, 0.6) is 0 Å². The van der Waals surface area contributed by atoms with Crippen LogP contribution < -0.4 is 0 Å². The maximum atomic E-state index is 7.58. The molecule has 2 rings (SSSR count). The third-order valence-corrected chi connectivity index (χ3v) is 14.6. The quantitative estimate of drug-likeness (QED) is 0.205. The van der Waals surface area contributed by atoms with Gasteiger partial charge in [-0.1, -0.05) is 60.7 Å². The Kier molecular flexibility index (Phi) is 38.0. The third-order valence-electron chi connectivity index (χ3n) is 6.57. The van der Waals surface area contributed by atoms with E-state index < -0.39 is 0 Å². The van der Waals surface area contributed by atoms with Crippen molar-refractivity contribution in [1.82, 2.24) is 0 Å². The van der Waals surface area contributed by atoms with Gasteiger partial charge in [0.05, 0.1) is 34.0 Å². The third kappa shape index (κ3) is 24.3. The summed E-state index contributed by atoms with van der Waals surface area (Å²) in [6.45, 7) is 36.4. The van der Waals surface area contributed by atoms with Gasteiger partial charge in [-0.25, -0.2) is 0 Å². The minimum atomic E-state index is -0.0957. The van der Waals surface area contributed by atoms with Gasteiger partial charge in [-0.05, 0) is 122 Å². The summed E-state index contributed by atoms with van der Waals surface area (Å²) < 4.78 is 0.